The van der Waals surface area contributed by atoms with Crippen molar-refractivity contribution in [1.29, 1.82) is 0 Å². The first-order chi connectivity index (χ1) is 14.5. The van der Waals surface area contributed by atoms with Gasteiger partial charge in [0.05, 0.1) is 6.54 Å². The zero-order valence-corrected chi connectivity index (χ0v) is 16.8. The van der Waals surface area contributed by atoms with Gasteiger partial charge in [-0.25, -0.2) is 22.0 Å². The summed E-state index contributed by atoms with van der Waals surface area (Å²) in [7, 11) is 0. The van der Waals surface area contributed by atoms with Crippen LogP contribution in [0.25, 0.3) is 11.1 Å². The predicted molar refractivity (Wildman–Crippen MR) is 104 cm³/mol. The number of carbonyl (C=O) groups excluding carboxylic acids is 1. The molecule has 1 N–H and O–H groups in total. The van der Waals surface area contributed by atoms with E-state index in [-0.39, 0.29) is 36.0 Å². The zero-order valence-electron chi connectivity index (χ0n) is 16.8. The standard InChI is InChI=1S/C23H22F5NO2/c1-13-18(29(12-23(13,27)28)21(30)22(31)9-4-10-22)11-14-5-2-6-15(19(14)25)16-7-3-8-17(24)20(16)26/h2-3,5-8,13,18,31H,4,9-12H2,1H3/t13-,18+/m1/s1. The number of halogens is 5. The molecule has 0 bridgehead atoms. The van der Waals surface area contributed by atoms with Gasteiger partial charge in [0.1, 0.15) is 11.4 Å². The lowest BCUT2D eigenvalue weighted by atomic mass is 9.79. The summed E-state index contributed by atoms with van der Waals surface area (Å²) in [6.45, 7) is 0.441. The number of aliphatic hydroxyl groups is 1. The van der Waals surface area contributed by atoms with Gasteiger partial charge in [0, 0.05) is 23.1 Å². The lowest BCUT2D eigenvalue weighted by Crippen LogP contribution is -2.55. The largest absolute Gasteiger partial charge is 0.380 e. The van der Waals surface area contributed by atoms with E-state index in [4.69, 9.17) is 0 Å². The quantitative estimate of drug-likeness (QED) is 0.701. The van der Waals surface area contributed by atoms with Crippen molar-refractivity contribution < 1.29 is 31.9 Å². The molecule has 8 heteroatoms. The normalized spacial score (nSPS) is 24.2. The molecule has 2 atom stereocenters. The lowest BCUT2D eigenvalue weighted by Gasteiger charge is -2.40. The topological polar surface area (TPSA) is 40.5 Å². The van der Waals surface area contributed by atoms with E-state index in [2.05, 4.69) is 0 Å². The number of alkyl halides is 2. The molecule has 0 spiro atoms. The van der Waals surface area contributed by atoms with Crippen molar-refractivity contribution >= 4 is 5.91 Å². The van der Waals surface area contributed by atoms with Crippen molar-refractivity contribution in [3.63, 3.8) is 0 Å². The third-order valence-electron chi connectivity index (χ3n) is 6.61. The van der Waals surface area contributed by atoms with Gasteiger partial charge in [-0.1, -0.05) is 37.3 Å². The van der Waals surface area contributed by atoms with Crippen LogP contribution in [0.15, 0.2) is 36.4 Å². The fourth-order valence-corrected chi connectivity index (χ4v) is 4.42. The molecular weight excluding hydrogens is 417 g/mol. The van der Waals surface area contributed by atoms with Crippen LogP contribution in [-0.4, -0.2) is 40.0 Å². The molecule has 1 heterocycles. The summed E-state index contributed by atoms with van der Waals surface area (Å²) in [5, 5.41) is 10.4. The Kier molecular flexibility index (Phi) is 5.32. The van der Waals surface area contributed by atoms with E-state index < -0.39 is 53.4 Å². The average molecular weight is 439 g/mol. The molecule has 2 aromatic rings. The average Bonchev–Trinajstić information content (AvgIpc) is 2.93. The molecule has 2 aliphatic rings. The first-order valence-corrected chi connectivity index (χ1v) is 10.2. The van der Waals surface area contributed by atoms with Crippen LogP contribution < -0.4 is 0 Å². The van der Waals surface area contributed by atoms with Crippen LogP contribution in [0.1, 0.15) is 31.7 Å². The molecule has 31 heavy (non-hydrogen) atoms. The molecule has 3 nitrogen and oxygen atoms in total. The van der Waals surface area contributed by atoms with Crippen molar-refractivity contribution in [2.24, 2.45) is 5.92 Å². The summed E-state index contributed by atoms with van der Waals surface area (Å²) in [4.78, 5) is 13.8. The number of rotatable bonds is 4. The Hall–Kier alpha value is -2.48. The van der Waals surface area contributed by atoms with Crippen LogP contribution >= 0.6 is 0 Å². The Bertz CT molecular complexity index is 1020. The minimum atomic E-state index is -3.19. The summed E-state index contributed by atoms with van der Waals surface area (Å²) in [6, 6.07) is 6.44. The number of amides is 1. The Labute approximate surface area is 176 Å². The van der Waals surface area contributed by atoms with E-state index in [9.17, 15) is 27.5 Å². The first kappa shape index (κ1) is 21.7. The van der Waals surface area contributed by atoms with E-state index >= 15 is 4.39 Å². The van der Waals surface area contributed by atoms with E-state index in [1.807, 2.05) is 0 Å². The Morgan fingerprint density at radius 2 is 1.68 bits per heavy atom. The van der Waals surface area contributed by atoms with Gasteiger partial charge in [0.25, 0.3) is 11.8 Å². The van der Waals surface area contributed by atoms with Gasteiger partial charge in [-0.2, -0.15) is 0 Å². The van der Waals surface area contributed by atoms with Crippen LogP contribution in [0.3, 0.4) is 0 Å². The summed E-state index contributed by atoms with van der Waals surface area (Å²) in [6.07, 6.45) is 0.799. The van der Waals surface area contributed by atoms with Crippen LogP contribution in [0.5, 0.6) is 0 Å². The van der Waals surface area contributed by atoms with Crippen LogP contribution in [0.2, 0.25) is 0 Å². The molecule has 1 aliphatic heterocycles. The Morgan fingerprint density at radius 1 is 1.06 bits per heavy atom. The number of nitrogens with zero attached hydrogens (tertiary/aromatic N) is 1. The molecule has 1 aliphatic carbocycles. The van der Waals surface area contributed by atoms with Crippen molar-refractivity contribution in [3.05, 3.63) is 59.4 Å². The molecule has 1 amide bonds. The molecule has 4 rings (SSSR count). The van der Waals surface area contributed by atoms with Crippen molar-refractivity contribution in [3.8, 4) is 11.1 Å². The maximum Gasteiger partial charge on any atom is 0.269 e. The molecular formula is C23H22F5NO2. The van der Waals surface area contributed by atoms with Gasteiger partial charge in [-0.15, -0.1) is 0 Å². The van der Waals surface area contributed by atoms with Gasteiger partial charge in [0.15, 0.2) is 11.6 Å². The SMILES string of the molecule is C[C@@H]1[C@H](Cc2cccc(-c3cccc(F)c3F)c2F)N(C(=O)C2(O)CCC2)CC1(F)F. The molecule has 0 aromatic heterocycles. The fourth-order valence-electron chi connectivity index (χ4n) is 4.42. The van der Waals surface area contributed by atoms with E-state index in [1.165, 1.54) is 37.3 Å². The Morgan fingerprint density at radius 3 is 2.29 bits per heavy atom. The predicted octanol–water partition coefficient (Wildman–Crippen LogP) is 4.71. The highest BCUT2D eigenvalue weighted by Crippen LogP contribution is 2.43. The third kappa shape index (κ3) is 3.60. The van der Waals surface area contributed by atoms with E-state index in [0.29, 0.717) is 6.42 Å². The molecule has 0 radical (unpaired) electrons. The smallest absolute Gasteiger partial charge is 0.269 e. The third-order valence-corrected chi connectivity index (χ3v) is 6.61. The van der Waals surface area contributed by atoms with Crippen LogP contribution in [0.4, 0.5) is 22.0 Å². The number of hydrogen-bond donors (Lipinski definition) is 1. The second-order valence-corrected chi connectivity index (χ2v) is 8.52. The highest BCUT2D eigenvalue weighted by molar-refractivity contribution is 5.86. The van der Waals surface area contributed by atoms with Gasteiger partial charge >= 0.3 is 0 Å². The summed E-state index contributed by atoms with van der Waals surface area (Å²) >= 11 is 0. The van der Waals surface area contributed by atoms with Gasteiger partial charge < -0.3 is 10.0 Å². The van der Waals surface area contributed by atoms with Crippen LogP contribution in [0, 0.1) is 23.4 Å². The monoisotopic (exact) mass is 439 g/mol. The maximum atomic E-state index is 15.3. The molecule has 1 saturated carbocycles. The van der Waals surface area contributed by atoms with E-state index in [0.717, 1.165) is 11.0 Å². The molecule has 2 fully saturated rings. The van der Waals surface area contributed by atoms with Crippen molar-refractivity contribution in [2.45, 2.75) is 50.2 Å². The molecule has 0 unspecified atom stereocenters. The molecule has 2 aromatic carbocycles. The van der Waals surface area contributed by atoms with Crippen molar-refractivity contribution in [1.82, 2.24) is 4.90 Å². The highest BCUT2D eigenvalue weighted by Gasteiger charge is 2.57. The summed E-state index contributed by atoms with van der Waals surface area (Å²) < 4.78 is 72.0. The van der Waals surface area contributed by atoms with Crippen LogP contribution in [-0.2, 0) is 11.2 Å². The van der Waals surface area contributed by atoms with E-state index in [1.54, 1.807) is 0 Å². The number of likely N-dealkylation sites (tertiary alicyclic amines) is 1. The minimum absolute atomic E-state index is 0.00844. The second-order valence-electron chi connectivity index (χ2n) is 8.52. The van der Waals surface area contributed by atoms with Gasteiger partial charge in [0.2, 0.25) is 0 Å². The number of hydrogen-bond acceptors (Lipinski definition) is 2. The zero-order chi connectivity index (χ0) is 22.6. The summed E-state index contributed by atoms with van der Waals surface area (Å²) in [5.74, 6) is -8.41. The minimum Gasteiger partial charge on any atom is -0.380 e. The highest BCUT2D eigenvalue weighted by atomic mass is 19.3. The lowest BCUT2D eigenvalue weighted by molar-refractivity contribution is -0.162. The van der Waals surface area contributed by atoms with Crippen molar-refractivity contribution in [2.75, 3.05) is 6.54 Å². The molecule has 166 valence electrons. The fraction of sp³-hybridized carbons (Fsp3) is 0.435. The summed E-state index contributed by atoms with van der Waals surface area (Å²) in [5.41, 5.74) is -2.11. The first-order valence-electron chi connectivity index (χ1n) is 10.2. The second kappa shape index (κ2) is 7.58. The molecule has 1 saturated heterocycles. The Balaban J connectivity index is 1.68. The number of benzene rings is 2. The number of carbonyl (C=O) groups is 1. The van der Waals surface area contributed by atoms with Gasteiger partial charge in [-0.3, -0.25) is 4.79 Å². The van der Waals surface area contributed by atoms with Gasteiger partial charge in [-0.05, 0) is 37.3 Å². The maximum absolute atomic E-state index is 15.3.